The molecule has 0 bridgehead atoms. The van der Waals surface area contributed by atoms with Gasteiger partial charge in [0.25, 0.3) is 0 Å². The molecule has 0 heterocycles. The second-order valence-electron chi connectivity index (χ2n) is 5.15. The third-order valence-electron chi connectivity index (χ3n) is 3.78. The van der Waals surface area contributed by atoms with E-state index in [-0.39, 0.29) is 17.9 Å². The first-order valence-corrected chi connectivity index (χ1v) is 6.52. The van der Waals surface area contributed by atoms with Gasteiger partial charge in [-0.3, -0.25) is 9.59 Å². The smallest absolute Gasteiger partial charge is 0.307 e. The average Bonchev–Trinajstić information content (AvgIpc) is 2.68. The summed E-state index contributed by atoms with van der Waals surface area (Å²) in [5, 5.41) is 12.1. The molecular weight excluding hydrogens is 218 g/mol. The van der Waals surface area contributed by atoms with E-state index in [0.717, 1.165) is 12.8 Å². The van der Waals surface area contributed by atoms with Crippen LogP contribution in [0.3, 0.4) is 0 Å². The Labute approximate surface area is 103 Å². The number of nitrogens with one attached hydrogen (secondary N) is 1. The Kier molecular flexibility index (Phi) is 4.97. The largest absolute Gasteiger partial charge is 0.481 e. The van der Waals surface area contributed by atoms with Gasteiger partial charge in [-0.05, 0) is 31.6 Å². The van der Waals surface area contributed by atoms with E-state index in [1.54, 1.807) is 0 Å². The molecule has 1 saturated carbocycles. The molecule has 2 N–H and O–H groups in total. The lowest BCUT2D eigenvalue weighted by Crippen LogP contribution is -2.40. The predicted molar refractivity (Wildman–Crippen MR) is 65.5 cm³/mol. The van der Waals surface area contributed by atoms with Crippen LogP contribution in [-0.4, -0.2) is 23.0 Å². The van der Waals surface area contributed by atoms with E-state index >= 15 is 0 Å². The number of carboxylic acid groups (broad SMARTS) is 1. The Balaban J connectivity index is 2.64. The van der Waals surface area contributed by atoms with Crippen LogP contribution in [0.15, 0.2) is 0 Å². The number of carbonyl (C=O) groups is 2. The first kappa shape index (κ1) is 14.0. The number of carboxylic acids is 1. The summed E-state index contributed by atoms with van der Waals surface area (Å²) in [5.41, 5.74) is 0. The molecule has 3 atom stereocenters. The first-order chi connectivity index (χ1) is 7.99. The fourth-order valence-corrected chi connectivity index (χ4v) is 2.66. The van der Waals surface area contributed by atoms with Crippen LogP contribution in [0.2, 0.25) is 0 Å². The zero-order valence-corrected chi connectivity index (χ0v) is 10.9. The van der Waals surface area contributed by atoms with E-state index in [0.29, 0.717) is 18.8 Å². The van der Waals surface area contributed by atoms with Crippen molar-refractivity contribution < 1.29 is 14.7 Å². The Bertz CT molecular complexity index is 286. The molecule has 17 heavy (non-hydrogen) atoms. The molecule has 0 aromatic rings. The van der Waals surface area contributed by atoms with Crippen molar-refractivity contribution >= 4 is 11.9 Å². The number of hydrogen-bond donors (Lipinski definition) is 2. The van der Waals surface area contributed by atoms with E-state index in [1.807, 2.05) is 20.8 Å². The number of hydrogen-bond acceptors (Lipinski definition) is 2. The van der Waals surface area contributed by atoms with Gasteiger partial charge in [-0.2, -0.15) is 0 Å². The molecule has 1 rings (SSSR count). The van der Waals surface area contributed by atoms with Crippen LogP contribution >= 0.6 is 0 Å². The molecule has 0 radical (unpaired) electrons. The summed E-state index contributed by atoms with van der Waals surface area (Å²) < 4.78 is 0. The Hall–Kier alpha value is -1.06. The molecule has 1 aliphatic rings. The second-order valence-corrected chi connectivity index (χ2v) is 5.15. The molecule has 1 fully saturated rings. The third-order valence-corrected chi connectivity index (χ3v) is 3.78. The van der Waals surface area contributed by atoms with Gasteiger partial charge in [-0.1, -0.05) is 20.8 Å². The molecule has 0 saturated heterocycles. The third kappa shape index (κ3) is 3.45. The minimum absolute atomic E-state index is 0.0737. The van der Waals surface area contributed by atoms with Gasteiger partial charge in [-0.25, -0.2) is 0 Å². The number of amides is 1. The first-order valence-electron chi connectivity index (χ1n) is 6.52. The highest BCUT2D eigenvalue weighted by Gasteiger charge is 2.41. The molecule has 3 unspecified atom stereocenters. The van der Waals surface area contributed by atoms with Crippen LogP contribution in [0.25, 0.3) is 0 Å². The maximum Gasteiger partial charge on any atom is 0.307 e. The fourth-order valence-electron chi connectivity index (χ4n) is 2.66. The highest BCUT2D eigenvalue weighted by molar-refractivity contribution is 5.85. The van der Waals surface area contributed by atoms with Gasteiger partial charge in [-0.15, -0.1) is 0 Å². The SMILES string of the molecule is CCC(CC)NC(=O)C1CC(C)CC1C(=O)O. The van der Waals surface area contributed by atoms with Gasteiger partial charge >= 0.3 is 5.97 Å². The maximum absolute atomic E-state index is 12.1. The van der Waals surface area contributed by atoms with Crippen molar-refractivity contribution in [1.29, 1.82) is 0 Å². The summed E-state index contributed by atoms with van der Waals surface area (Å²) in [5.74, 6) is -1.43. The Morgan fingerprint density at radius 1 is 1.24 bits per heavy atom. The van der Waals surface area contributed by atoms with Crippen LogP contribution < -0.4 is 5.32 Å². The number of carbonyl (C=O) groups excluding carboxylic acids is 1. The topological polar surface area (TPSA) is 66.4 Å². The summed E-state index contributed by atoms with van der Waals surface area (Å²) in [4.78, 5) is 23.2. The van der Waals surface area contributed by atoms with Crippen molar-refractivity contribution in [2.45, 2.75) is 52.5 Å². The van der Waals surface area contributed by atoms with Crippen molar-refractivity contribution in [3.63, 3.8) is 0 Å². The number of aliphatic carboxylic acids is 1. The normalized spacial score (nSPS) is 28.4. The van der Waals surface area contributed by atoms with E-state index in [4.69, 9.17) is 5.11 Å². The van der Waals surface area contributed by atoms with E-state index in [9.17, 15) is 9.59 Å². The van der Waals surface area contributed by atoms with Crippen molar-refractivity contribution in [1.82, 2.24) is 5.32 Å². The van der Waals surface area contributed by atoms with Crippen LogP contribution in [0, 0.1) is 17.8 Å². The molecule has 98 valence electrons. The lowest BCUT2D eigenvalue weighted by molar-refractivity contribution is -0.146. The Morgan fingerprint density at radius 3 is 2.24 bits per heavy atom. The molecule has 4 nitrogen and oxygen atoms in total. The van der Waals surface area contributed by atoms with Crippen molar-refractivity contribution in [3.8, 4) is 0 Å². The highest BCUT2D eigenvalue weighted by atomic mass is 16.4. The van der Waals surface area contributed by atoms with Crippen molar-refractivity contribution in [2.24, 2.45) is 17.8 Å². The summed E-state index contributed by atoms with van der Waals surface area (Å²) in [6, 6.07) is 0.174. The summed E-state index contributed by atoms with van der Waals surface area (Å²) >= 11 is 0. The van der Waals surface area contributed by atoms with Gasteiger partial charge in [0.05, 0.1) is 11.8 Å². The van der Waals surface area contributed by atoms with E-state index < -0.39 is 11.9 Å². The zero-order chi connectivity index (χ0) is 13.0. The van der Waals surface area contributed by atoms with Crippen molar-refractivity contribution in [2.75, 3.05) is 0 Å². The fraction of sp³-hybridized carbons (Fsp3) is 0.846. The maximum atomic E-state index is 12.1. The highest BCUT2D eigenvalue weighted by Crippen LogP contribution is 2.36. The van der Waals surface area contributed by atoms with Crippen LogP contribution in [-0.2, 0) is 9.59 Å². The Morgan fingerprint density at radius 2 is 1.76 bits per heavy atom. The zero-order valence-electron chi connectivity index (χ0n) is 10.9. The lowest BCUT2D eigenvalue weighted by Gasteiger charge is -2.20. The van der Waals surface area contributed by atoms with Gasteiger partial charge < -0.3 is 10.4 Å². The van der Waals surface area contributed by atoms with Gasteiger partial charge in [0.15, 0.2) is 0 Å². The monoisotopic (exact) mass is 241 g/mol. The van der Waals surface area contributed by atoms with Gasteiger partial charge in [0.2, 0.25) is 5.91 Å². The standard InChI is InChI=1S/C13H23NO3/c1-4-9(5-2)14-12(15)10-6-8(3)7-11(10)13(16)17/h8-11H,4-7H2,1-3H3,(H,14,15)(H,16,17). The van der Waals surface area contributed by atoms with E-state index in [2.05, 4.69) is 5.32 Å². The van der Waals surface area contributed by atoms with Gasteiger partial charge in [0.1, 0.15) is 0 Å². The lowest BCUT2D eigenvalue weighted by atomic mass is 9.95. The summed E-state index contributed by atoms with van der Waals surface area (Å²) in [7, 11) is 0. The minimum atomic E-state index is -0.834. The minimum Gasteiger partial charge on any atom is -0.481 e. The summed E-state index contributed by atoms with van der Waals surface area (Å²) in [6.45, 7) is 6.07. The molecular formula is C13H23NO3. The molecule has 0 spiro atoms. The second kappa shape index (κ2) is 6.03. The quantitative estimate of drug-likeness (QED) is 0.774. The van der Waals surface area contributed by atoms with Crippen LogP contribution in [0.4, 0.5) is 0 Å². The molecule has 1 amide bonds. The molecule has 4 heteroatoms. The van der Waals surface area contributed by atoms with Gasteiger partial charge in [0, 0.05) is 6.04 Å². The molecule has 0 aromatic heterocycles. The van der Waals surface area contributed by atoms with E-state index in [1.165, 1.54) is 0 Å². The van der Waals surface area contributed by atoms with Crippen molar-refractivity contribution in [3.05, 3.63) is 0 Å². The number of rotatable bonds is 5. The predicted octanol–water partition coefficient (Wildman–Crippen LogP) is 2.04. The molecule has 0 aliphatic heterocycles. The van der Waals surface area contributed by atoms with Crippen LogP contribution in [0.1, 0.15) is 46.5 Å². The molecule has 0 aromatic carbocycles. The van der Waals surface area contributed by atoms with Crippen LogP contribution in [0.5, 0.6) is 0 Å². The summed E-state index contributed by atoms with van der Waals surface area (Å²) in [6.07, 6.45) is 3.10. The average molecular weight is 241 g/mol. The molecule has 1 aliphatic carbocycles.